The number of nitrogens with one attached hydrogen (secondary N) is 1. The quantitative estimate of drug-likeness (QED) is 0.825. The molecule has 2 rings (SSSR count). The summed E-state index contributed by atoms with van der Waals surface area (Å²) in [4.78, 5) is 5.54. The summed E-state index contributed by atoms with van der Waals surface area (Å²) in [5.74, 6) is 0. The molecule has 1 aromatic carbocycles. The largest absolute Gasteiger partial charge is 0.373 e. The number of nitrogens with two attached hydrogens (primary N) is 1. The molecule has 3 nitrogen and oxygen atoms in total. The molecule has 0 saturated carbocycles. The van der Waals surface area contributed by atoms with Gasteiger partial charge in [0.05, 0.1) is 5.69 Å². The third-order valence-corrected chi connectivity index (χ3v) is 2.90. The number of hydrogen-bond acceptors (Lipinski definition) is 2. The highest BCUT2D eigenvalue weighted by Gasteiger charge is 2.07. The van der Waals surface area contributed by atoms with Crippen LogP contribution >= 0.6 is 0 Å². The minimum atomic E-state index is 0.257. The zero-order chi connectivity index (χ0) is 11.5. The first-order valence-corrected chi connectivity index (χ1v) is 5.71. The molecule has 1 heterocycles. The molecule has 3 heteroatoms. The second kappa shape index (κ2) is 4.58. The smallest absolute Gasteiger partial charge is 0.0621 e. The number of nitrogens with zero attached hydrogens (tertiary/aromatic N) is 1. The lowest BCUT2D eigenvalue weighted by atomic mass is 10.2. The van der Waals surface area contributed by atoms with Crippen molar-refractivity contribution >= 4 is 16.6 Å². The van der Waals surface area contributed by atoms with E-state index in [9.17, 15) is 0 Å². The Morgan fingerprint density at radius 3 is 2.88 bits per heavy atom. The van der Waals surface area contributed by atoms with Crippen molar-refractivity contribution in [3.8, 4) is 0 Å². The van der Waals surface area contributed by atoms with E-state index in [2.05, 4.69) is 41.3 Å². The van der Waals surface area contributed by atoms with Gasteiger partial charge in [-0.2, -0.15) is 0 Å². The van der Waals surface area contributed by atoms with Gasteiger partial charge in [-0.25, -0.2) is 0 Å². The van der Waals surface area contributed by atoms with Crippen molar-refractivity contribution in [2.24, 2.45) is 5.73 Å². The third kappa shape index (κ3) is 2.19. The first kappa shape index (κ1) is 11.0. The summed E-state index contributed by atoms with van der Waals surface area (Å²) >= 11 is 0. The van der Waals surface area contributed by atoms with E-state index in [4.69, 9.17) is 5.73 Å². The van der Waals surface area contributed by atoms with E-state index in [1.165, 1.54) is 16.6 Å². The van der Waals surface area contributed by atoms with Crippen LogP contribution in [-0.4, -0.2) is 24.6 Å². The minimum Gasteiger partial charge on any atom is -0.373 e. The topological polar surface area (TPSA) is 45.0 Å². The summed E-state index contributed by atoms with van der Waals surface area (Å²) in [6.45, 7) is 3.03. The molecular weight excluding hydrogens is 198 g/mol. The van der Waals surface area contributed by atoms with E-state index in [1.54, 1.807) is 0 Å². The molecule has 0 aliphatic carbocycles. The second-order valence-electron chi connectivity index (χ2n) is 4.41. The summed E-state index contributed by atoms with van der Waals surface area (Å²) in [6.07, 6.45) is 3.07. The van der Waals surface area contributed by atoms with Gasteiger partial charge in [0, 0.05) is 36.7 Å². The first-order chi connectivity index (χ1) is 7.68. The molecule has 1 atom stereocenters. The van der Waals surface area contributed by atoms with Crippen molar-refractivity contribution < 1.29 is 0 Å². The van der Waals surface area contributed by atoms with E-state index in [-0.39, 0.29) is 6.04 Å². The lowest BCUT2D eigenvalue weighted by Crippen LogP contribution is -2.25. The van der Waals surface area contributed by atoms with Crippen molar-refractivity contribution in [3.63, 3.8) is 0 Å². The van der Waals surface area contributed by atoms with Crippen molar-refractivity contribution in [1.29, 1.82) is 0 Å². The molecule has 16 heavy (non-hydrogen) atoms. The van der Waals surface area contributed by atoms with Crippen LogP contribution in [0.3, 0.4) is 0 Å². The van der Waals surface area contributed by atoms with Crippen molar-refractivity contribution in [2.75, 3.05) is 18.5 Å². The summed E-state index contributed by atoms with van der Waals surface area (Å²) in [6, 6.07) is 8.61. The van der Waals surface area contributed by atoms with Gasteiger partial charge in [-0.1, -0.05) is 18.2 Å². The number of benzene rings is 1. The third-order valence-electron chi connectivity index (χ3n) is 2.90. The molecule has 1 aromatic heterocycles. The maximum atomic E-state index is 5.77. The Balaban J connectivity index is 2.19. The highest BCUT2D eigenvalue weighted by Crippen LogP contribution is 2.25. The number of fused-ring (bicyclic) bond motifs is 1. The van der Waals surface area contributed by atoms with Crippen LogP contribution in [0.4, 0.5) is 5.69 Å². The predicted octanol–water partition coefficient (Wildman–Crippen LogP) is 2.34. The van der Waals surface area contributed by atoms with Crippen LogP contribution in [0.15, 0.2) is 30.5 Å². The van der Waals surface area contributed by atoms with E-state index >= 15 is 0 Å². The fourth-order valence-electron chi connectivity index (χ4n) is 1.89. The Bertz CT molecular complexity index is 459. The maximum Gasteiger partial charge on any atom is 0.0621 e. The van der Waals surface area contributed by atoms with E-state index in [1.807, 2.05) is 13.0 Å². The Kier molecular flexibility index (Phi) is 3.15. The lowest BCUT2D eigenvalue weighted by molar-refractivity contribution is 0.660. The number of aromatic amines is 1. The van der Waals surface area contributed by atoms with Crippen LogP contribution in [0.25, 0.3) is 10.9 Å². The highest BCUT2D eigenvalue weighted by molar-refractivity contribution is 5.92. The summed E-state index contributed by atoms with van der Waals surface area (Å²) in [7, 11) is 2.11. The molecule has 3 N–H and O–H groups in total. The predicted molar refractivity (Wildman–Crippen MR) is 69.8 cm³/mol. The van der Waals surface area contributed by atoms with Gasteiger partial charge < -0.3 is 15.6 Å². The monoisotopic (exact) mass is 217 g/mol. The van der Waals surface area contributed by atoms with Crippen LogP contribution < -0.4 is 10.6 Å². The fraction of sp³-hybridized carbons (Fsp3) is 0.385. The number of rotatable bonds is 4. The molecular formula is C13H19N3. The Hall–Kier alpha value is -1.48. The van der Waals surface area contributed by atoms with Crippen LogP contribution in [0.1, 0.15) is 13.3 Å². The van der Waals surface area contributed by atoms with Crippen LogP contribution in [0, 0.1) is 0 Å². The highest BCUT2D eigenvalue weighted by atomic mass is 15.1. The molecule has 0 aliphatic rings. The molecule has 0 fully saturated rings. The molecule has 0 bridgehead atoms. The van der Waals surface area contributed by atoms with Crippen LogP contribution in [0.5, 0.6) is 0 Å². The number of hydrogen-bond donors (Lipinski definition) is 2. The fourth-order valence-corrected chi connectivity index (χ4v) is 1.89. The van der Waals surface area contributed by atoms with Crippen molar-refractivity contribution in [1.82, 2.24) is 4.98 Å². The van der Waals surface area contributed by atoms with Crippen molar-refractivity contribution in [2.45, 2.75) is 19.4 Å². The molecule has 0 aliphatic heterocycles. The van der Waals surface area contributed by atoms with Gasteiger partial charge in [-0.15, -0.1) is 0 Å². The molecule has 1 unspecified atom stereocenters. The van der Waals surface area contributed by atoms with E-state index in [0.29, 0.717) is 0 Å². The van der Waals surface area contributed by atoms with Gasteiger partial charge in [-0.05, 0) is 19.4 Å². The zero-order valence-electron chi connectivity index (χ0n) is 9.90. The standard InChI is InChI=1S/C13H19N3/c1-10(14)7-8-16(2)13-9-15-12-6-4-3-5-11(12)13/h3-6,9-10,15H,7-8,14H2,1-2H3. The number of para-hydroxylation sites is 1. The lowest BCUT2D eigenvalue weighted by Gasteiger charge is -2.19. The van der Waals surface area contributed by atoms with E-state index < -0.39 is 0 Å². The molecule has 0 spiro atoms. The zero-order valence-corrected chi connectivity index (χ0v) is 9.90. The van der Waals surface area contributed by atoms with Crippen LogP contribution in [-0.2, 0) is 0 Å². The Morgan fingerprint density at radius 1 is 1.38 bits per heavy atom. The van der Waals surface area contributed by atoms with Gasteiger partial charge >= 0.3 is 0 Å². The Labute approximate surface area is 96.2 Å². The molecule has 2 aromatic rings. The summed E-state index contributed by atoms with van der Waals surface area (Å²) < 4.78 is 0. The van der Waals surface area contributed by atoms with Crippen LogP contribution in [0.2, 0.25) is 0 Å². The SMILES string of the molecule is CC(N)CCN(C)c1c[nH]c2ccccc12. The molecule has 0 amide bonds. The Morgan fingerprint density at radius 2 is 2.12 bits per heavy atom. The number of aromatic nitrogens is 1. The van der Waals surface area contributed by atoms with Gasteiger partial charge in [-0.3, -0.25) is 0 Å². The average molecular weight is 217 g/mol. The van der Waals surface area contributed by atoms with Gasteiger partial charge in [0.25, 0.3) is 0 Å². The normalized spacial score (nSPS) is 12.9. The van der Waals surface area contributed by atoms with Gasteiger partial charge in [0.2, 0.25) is 0 Å². The minimum absolute atomic E-state index is 0.257. The number of anilines is 1. The second-order valence-corrected chi connectivity index (χ2v) is 4.41. The van der Waals surface area contributed by atoms with E-state index in [0.717, 1.165) is 13.0 Å². The van der Waals surface area contributed by atoms with Gasteiger partial charge in [0.1, 0.15) is 0 Å². The summed E-state index contributed by atoms with van der Waals surface area (Å²) in [5.41, 5.74) is 8.20. The number of H-pyrrole nitrogens is 1. The average Bonchev–Trinajstić information content (AvgIpc) is 2.69. The first-order valence-electron chi connectivity index (χ1n) is 5.71. The molecule has 86 valence electrons. The van der Waals surface area contributed by atoms with Crippen molar-refractivity contribution in [3.05, 3.63) is 30.5 Å². The van der Waals surface area contributed by atoms with Gasteiger partial charge in [0.15, 0.2) is 0 Å². The molecule has 0 radical (unpaired) electrons. The molecule has 0 saturated heterocycles. The summed E-state index contributed by atoms with van der Waals surface area (Å²) in [5, 5.41) is 1.27. The maximum absolute atomic E-state index is 5.77.